The first kappa shape index (κ1) is 40.2. The second-order valence-electron chi connectivity index (χ2n) is 13.2. The lowest BCUT2D eigenvalue weighted by Crippen LogP contribution is -2.42. The molecule has 2 amide bonds. The molecule has 14 nitrogen and oxygen atoms in total. The van der Waals surface area contributed by atoms with Crippen molar-refractivity contribution in [3.05, 3.63) is 85.2 Å². The molecule has 1 atom stereocenters. The van der Waals surface area contributed by atoms with Gasteiger partial charge in [-0.2, -0.15) is 0 Å². The third-order valence-electron chi connectivity index (χ3n) is 9.67. The quantitative estimate of drug-likeness (QED) is 0.0645. The molecule has 0 saturated heterocycles. The lowest BCUT2D eigenvalue weighted by atomic mass is 9.91. The molecule has 0 spiro atoms. The molecule has 0 bridgehead atoms. The number of nitrogens with one attached hydrogen (secondary N) is 3. The predicted molar refractivity (Wildman–Crippen MR) is 208 cm³/mol. The van der Waals surface area contributed by atoms with E-state index < -0.39 is 29.7 Å². The molecule has 0 radical (unpaired) electrons. The van der Waals surface area contributed by atoms with E-state index in [0.29, 0.717) is 51.7 Å². The van der Waals surface area contributed by atoms with Crippen molar-refractivity contribution >= 4 is 63.6 Å². The highest BCUT2D eigenvalue weighted by Gasteiger charge is 2.45. The van der Waals surface area contributed by atoms with E-state index in [9.17, 15) is 29.7 Å². The number of aliphatic hydroxyl groups is 2. The Bertz CT molecular complexity index is 1920. The fraction of sp³-hybridized carbons (Fsp3) is 0.395. The van der Waals surface area contributed by atoms with Gasteiger partial charge in [-0.1, -0.05) is 23.7 Å². The number of thiophene rings is 2. The molecule has 1 saturated carbocycles. The van der Waals surface area contributed by atoms with Crippen LogP contribution in [0.2, 0.25) is 5.02 Å². The van der Waals surface area contributed by atoms with E-state index in [1.54, 1.807) is 36.4 Å². The zero-order valence-corrected chi connectivity index (χ0v) is 32.6. The number of likely N-dealkylation sites (N-methyl/N-ethyl adjacent to an activating group) is 1. The number of aromatic hydroxyl groups is 1. The molecule has 55 heavy (non-hydrogen) atoms. The van der Waals surface area contributed by atoms with E-state index in [0.717, 1.165) is 12.8 Å². The number of phenolic OH excluding ortho intramolecular Hbond substituents is 1. The van der Waals surface area contributed by atoms with Gasteiger partial charge in [-0.3, -0.25) is 10.1 Å². The Hall–Kier alpha value is -4.42. The van der Waals surface area contributed by atoms with Crippen LogP contribution >= 0.6 is 34.3 Å². The lowest BCUT2D eigenvalue weighted by molar-refractivity contribution is -0.169. The summed E-state index contributed by atoms with van der Waals surface area (Å²) in [5.41, 5.74) is -0.348. The van der Waals surface area contributed by atoms with Crippen molar-refractivity contribution in [1.29, 1.82) is 0 Å². The van der Waals surface area contributed by atoms with E-state index in [2.05, 4.69) is 20.9 Å². The average molecular weight is 815 g/mol. The monoisotopic (exact) mass is 814 g/mol. The van der Waals surface area contributed by atoms with Crippen molar-refractivity contribution in [3.8, 4) is 17.2 Å². The maximum absolute atomic E-state index is 13.3. The second kappa shape index (κ2) is 18.0. The summed E-state index contributed by atoms with van der Waals surface area (Å²) >= 11 is 9.15. The molecule has 6 N–H and O–H groups in total. The van der Waals surface area contributed by atoms with Crippen LogP contribution in [0.3, 0.4) is 0 Å². The molecule has 2 aliphatic rings. The maximum atomic E-state index is 13.3. The number of ether oxygens (including phenoxy) is 4. The Labute approximate surface area is 330 Å². The number of halogens is 1. The number of carbonyl (C=O) groups is 3. The highest BCUT2D eigenvalue weighted by molar-refractivity contribution is 7.12. The number of methoxy groups -OCH3 is 1. The number of rotatable bonds is 15. The molecular formula is C38H43ClN4O10S2. The van der Waals surface area contributed by atoms with Gasteiger partial charge in [-0.25, -0.2) is 9.59 Å². The number of hydrogen-bond acceptors (Lipinski definition) is 14. The number of nitrogens with zero attached hydrogens (tertiary/aromatic N) is 1. The fourth-order valence-corrected chi connectivity index (χ4v) is 8.60. The van der Waals surface area contributed by atoms with Gasteiger partial charge < -0.3 is 49.8 Å². The minimum atomic E-state index is -1.83. The van der Waals surface area contributed by atoms with Crippen molar-refractivity contribution in [3.63, 3.8) is 0 Å². The van der Waals surface area contributed by atoms with E-state index in [1.807, 2.05) is 17.8 Å². The summed E-state index contributed by atoms with van der Waals surface area (Å²) in [5.74, 6) is -0.574. The van der Waals surface area contributed by atoms with Gasteiger partial charge >= 0.3 is 12.1 Å². The number of benzene rings is 2. The lowest BCUT2D eigenvalue weighted by Gasteiger charge is -2.35. The average Bonchev–Trinajstić information content (AvgIpc) is 3.93. The molecule has 2 aromatic carbocycles. The van der Waals surface area contributed by atoms with Crippen LogP contribution in [0.25, 0.3) is 0 Å². The molecule has 0 unspecified atom stereocenters. The zero-order chi connectivity index (χ0) is 39.1. The number of phenols is 1. The van der Waals surface area contributed by atoms with E-state index in [1.165, 1.54) is 41.9 Å². The number of fused-ring (bicyclic) bond motifs is 1. The number of aliphatic hydroxyl groups excluding tert-OH is 1. The van der Waals surface area contributed by atoms with Crippen molar-refractivity contribution in [1.82, 2.24) is 10.2 Å². The van der Waals surface area contributed by atoms with E-state index in [4.69, 9.17) is 30.5 Å². The van der Waals surface area contributed by atoms with Gasteiger partial charge in [0.2, 0.25) is 5.60 Å². The van der Waals surface area contributed by atoms with Gasteiger partial charge in [-0.15, -0.1) is 22.7 Å². The molecule has 294 valence electrons. The van der Waals surface area contributed by atoms with Gasteiger partial charge in [-0.05, 0) is 73.8 Å². The summed E-state index contributed by atoms with van der Waals surface area (Å²) in [4.78, 5) is 40.9. The first-order valence-corrected chi connectivity index (χ1v) is 19.8. The fourth-order valence-electron chi connectivity index (χ4n) is 6.66. The smallest absolute Gasteiger partial charge is 0.411 e. The standard InChI is InChI=1S/C38H43ClN4O10S2/c1-43(23-7-9-24(10-8-23)53-36(47)38(49,31-5-3-15-54-31)32-6-4-16-55-32)13-14-51-37(48)41-27-18-30(50-2)22(17-26(27)39)19-40-20-29(45)25-11-12-28(44)34-35(25)52-21-33(46)42-34/h3-6,11-12,15-18,23-24,29,40,44-45,49H,7-10,13-14,19-21H2,1-2H3,(H,41,48)(H,42,46)/t23-,24-,29-/m0/s1. The van der Waals surface area contributed by atoms with Crippen LogP contribution in [0, 0.1) is 0 Å². The first-order chi connectivity index (χ1) is 26.5. The number of hydrogen-bond donors (Lipinski definition) is 6. The third kappa shape index (κ3) is 9.35. The van der Waals surface area contributed by atoms with Gasteiger partial charge in [0.1, 0.15) is 29.9 Å². The summed E-state index contributed by atoms with van der Waals surface area (Å²) in [6, 6.07) is 13.4. The van der Waals surface area contributed by atoms with Gasteiger partial charge in [0.15, 0.2) is 12.4 Å². The van der Waals surface area contributed by atoms with Crippen LogP contribution in [0.1, 0.15) is 52.7 Å². The molecule has 2 aromatic heterocycles. The highest BCUT2D eigenvalue weighted by Crippen LogP contribution is 2.42. The number of anilines is 2. The van der Waals surface area contributed by atoms with Crippen LogP contribution in [0.4, 0.5) is 16.2 Å². The third-order valence-corrected chi connectivity index (χ3v) is 11.9. The number of esters is 1. The van der Waals surface area contributed by atoms with Crippen molar-refractivity contribution in [2.45, 2.75) is 56.1 Å². The number of carbonyl (C=O) groups excluding carboxylic acids is 3. The zero-order valence-electron chi connectivity index (χ0n) is 30.2. The van der Waals surface area contributed by atoms with Crippen LogP contribution in [-0.2, 0) is 31.2 Å². The topological polar surface area (TPSA) is 188 Å². The summed E-state index contributed by atoms with van der Waals surface area (Å²) in [5, 5.41) is 44.7. The Morgan fingerprint density at radius 1 is 1.11 bits per heavy atom. The summed E-state index contributed by atoms with van der Waals surface area (Å²) in [6.07, 6.45) is 0.839. The first-order valence-electron chi connectivity index (χ1n) is 17.7. The Morgan fingerprint density at radius 3 is 2.47 bits per heavy atom. The predicted octanol–water partition coefficient (Wildman–Crippen LogP) is 5.60. The summed E-state index contributed by atoms with van der Waals surface area (Å²) in [6.45, 7) is 0.744. The van der Waals surface area contributed by atoms with Crippen molar-refractivity contribution in [2.75, 3.05) is 51.1 Å². The van der Waals surface area contributed by atoms with Crippen LogP contribution < -0.4 is 25.4 Å². The van der Waals surface area contributed by atoms with Gasteiger partial charge in [0.25, 0.3) is 5.91 Å². The minimum absolute atomic E-state index is 0.0985. The van der Waals surface area contributed by atoms with E-state index >= 15 is 0 Å². The van der Waals surface area contributed by atoms with Crippen molar-refractivity contribution < 1.29 is 48.7 Å². The minimum Gasteiger partial charge on any atom is -0.506 e. The second-order valence-corrected chi connectivity index (χ2v) is 15.6. The number of amides is 2. The van der Waals surface area contributed by atoms with Crippen LogP contribution in [0.5, 0.6) is 17.2 Å². The molecule has 6 rings (SSSR count). The summed E-state index contributed by atoms with van der Waals surface area (Å²) < 4.78 is 22.3. The Kier molecular flexibility index (Phi) is 13.2. The van der Waals surface area contributed by atoms with Gasteiger partial charge in [0, 0.05) is 42.9 Å². The van der Waals surface area contributed by atoms with Crippen LogP contribution in [-0.4, -0.2) is 90.8 Å². The largest absolute Gasteiger partial charge is 0.506 e. The molecule has 1 aliphatic carbocycles. The van der Waals surface area contributed by atoms with Gasteiger partial charge in [0.05, 0.1) is 33.7 Å². The van der Waals surface area contributed by atoms with Crippen molar-refractivity contribution in [2.24, 2.45) is 0 Å². The Morgan fingerprint density at radius 2 is 1.82 bits per heavy atom. The molecule has 1 aliphatic heterocycles. The Balaban J connectivity index is 0.933. The SMILES string of the molecule is COc1cc(NC(=O)OCCN(C)[C@H]2CC[C@H](OC(=O)C(O)(c3cccs3)c3cccs3)CC2)c(Cl)cc1CNC[C@H](O)c1ccc(O)c2c1OCC(=O)N2. The molecule has 4 aromatic rings. The molecule has 17 heteroatoms. The van der Waals surface area contributed by atoms with E-state index in [-0.39, 0.29) is 60.7 Å². The normalized spacial score (nSPS) is 17.5. The molecular weight excluding hydrogens is 772 g/mol. The summed E-state index contributed by atoms with van der Waals surface area (Å²) in [7, 11) is 3.45. The van der Waals surface area contributed by atoms with Crippen LogP contribution in [0.15, 0.2) is 59.3 Å². The molecule has 3 heterocycles. The molecule has 1 fully saturated rings. The highest BCUT2D eigenvalue weighted by atomic mass is 35.5. The maximum Gasteiger partial charge on any atom is 0.411 e.